The van der Waals surface area contributed by atoms with Gasteiger partial charge in [0.25, 0.3) is 0 Å². The van der Waals surface area contributed by atoms with E-state index in [0.29, 0.717) is 24.2 Å². The van der Waals surface area contributed by atoms with Crippen LogP contribution < -0.4 is 4.74 Å². The largest absolute Gasteiger partial charge is 0.487 e. The van der Waals surface area contributed by atoms with Gasteiger partial charge in [-0.15, -0.1) is 0 Å². The van der Waals surface area contributed by atoms with Crippen molar-refractivity contribution in [1.29, 1.82) is 0 Å². The minimum absolute atomic E-state index is 0.304. The Bertz CT molecular complexity index is 1210. The molecule has 0 amide bonds. The van der Waals surface area contributed by atoms with Crippen LogP contribution >= 0.6 is 15.9 Å². The zero-order valence-corrected chi connectivity index (χ0v) is 20.8. The lowest BCUT2D eigenvalue weighted by molar-refractivity contribution is 0.190. The van der Waals surface area contributed by atoms with Gasteiger partial charge in [-0.05, 0) is 61.2 Å². The molecule has 2 atom stereocenters. The van der Waals surface area contributed by atoms with Crippen LogP contribution in [0.4, 0.5) is 0 Å². The lowest BCUT2D eigenvalue weighted by Gasteiger charge is -2.09. The minimum Gasteiger partial charge on any atom is -0.487 e. The maximum absolute atomic E-state index is 9.63. The highest BCUT2D eigenvalue weighted by Crippen LogP contribution is 2.22. The standard InChI is InChI=1S/C27H28BrN3O3/c1-18(25-15-29-27(31-25)19(2)32)3-4-20-7-12-24(13-8-20)33-16-23-17-34-26(30-23)14-9-21-5-10-22(28)11-6-21/h5-15,17-19,32H,3-4,16H2,1-2H3,(H,29,31). The molecule has 7 heteroatoms. The third-order valence-electron chi connectivity index (χ3n) is 5.55. The van der Waals surface area contributed by atoms with E-state index in [2.05, 4.69) is 49.9 Å². The average Bonchev–Trinajstić information content (AvgIpc) is 3.52. The van der Waals surface area contributed by atoms with Crippen LogP contribution in [0.25, 0.3) is 12.2 Å². The second-order valence-corrected chi connectivity index (χ2v) is 9.24. The lowest BCUT2D eigenvalue weighted by atomic mass is 9.99. The number of aryl methyl sites for hydroxylation is 1. The molecule has 2 aromatic carbocycles. The Kier molecular flexibility index (Phi) is 7.98. The van der Waals surface area contributed by atoms with Gasteiger partial charge < -0.3 is 19.2 Å². The van der Waals surface area contributed by atoms with Crippen molar-refractivity contribution in [2.75, 3.05) is 0 Å². The van der Waals surface area contributed by atoms with E-state index in [-0.39, 0.29) is 0 Å². The van der Waals surface area contributed by atoms with Crippen LogP contribution in [0.15, 0.2) is 69.9 Å². The fourth-order valence-corrected chi connectivity index (χ4v) is 3.73. The second-order valence-electron chi connectivity index (χ2n) is 8.32. The molecule has 2 aromatic heterocycles. The number of hydrogen-bond acceptors (Lipinski definition) is 5. The summed E-state index contributed by atoms with van der Waals surface area (Å²) < 4.78 is 12.4. The number of halogens is 1. The van der Waals surface area contributed by atoms with Gasteiger partial charge in [0.2, 0.25) is 5.89 Å². The minimum atomic E-state index is -0.578. The van der Waals surface area contributed by atoms with Crippen molar-refractivity contribution < 1.29 is 14.3 Å². The van der Waals surface area contributed by atoms with E-state index < -0.39 is 6.10 Å². The van der Waals surface area contributed by atoms with Crippen LogP contribution in [0.5, 0.6) is 5.75 Å². The number of nitrogens with zero attached hydrogens (tertiary/aromatic N) is 2. The molecule has 2 heterocycles. The van der Waals surface area contributed by atoms with Gasteiger partial charge in [0.15, 0.2) is 0 Å². The third kappa shape index (κ3) is 6.68. The van der Waals surface area contributed by atoms with E-state index >= 15 is 0 Å². The molecule has 34 heavy (non-hydrogen) atoms. The molecule has 2 unspecified atom stereocenters. The fourth-order valence-electron chi connectivity index (χ4n) is 3.47. The van der Waals surface area contributed by atoms with E-state index in [1.807, 2.05) is 54.7 Å². The molecule has 0 saturated heterocycles. The Balaban J connectivity index is 1.24. The van der Waals surface area contributed by atoms with Crippen LogP contribution in [0.1, 0.15) is 66.5 Å². The van der Waals surface area contributed by atoms with Gasteiger partial charge in [0.05, 0.1) is 5.69 Å². The average molecular weight is 522 g/mol. The van der Waals surface area contributed by atoms with Crippen LogP contribution in [0.2, 0.25) is 0 Å². The number of imidazole rings is 1. The summed E-state index contributed by atoms with van der Waals surface area (Å²) in [7, 11) is 0. The van der Waals surface area contributed by atoms with Crippen LogP contribution in [0, 0.1) is 0 Å². The molecular weight excluding hydrogens is 494 g/mol. The van der Waals surface area contributed by atoms with Crippen molar-refractivity contribution >= 4 is 28.1 Å². The van der Waals surface area contributed by atoms with Crippen molar-refractivity contribution in [2.24, 2.45) is 0 Å². The summed E-state index contributed by atoms with van der Waals surface area (Å²) in [6, 6.07) is 16.2. The number of hydrogen-bond donors (Lipinski definition) is 2. The molecular formula is C27H28BrN3O3. The Morgan fingerprint density at radius 1 is 1.06 bits per heavy atom. The van der Waals surface area contributed by atoms with Crippen LogP contribution in [-0.4, -0.2) is 20.1 Å². The van der Waals surface area contributed by atoms with E-state index in [1.165, 1.54) is 5.56 Å². The Hall–Kier alpha value is -3.16. The zero-order valence-electron chi connectivity index (χ0n) is 19.2. The number of aromatic amines is 1. The van der Waals surface area contributed by atoms with Gasteiger partial charge in [-0.3, -0.25) is 0 Å². The second kappa shape index (κ2) is 11.3. The van der Waals surface area contributed by atoms with Crippen molar-refractivity contribution in [3.8, 4) is 5.75 Å². The highest BCUT2D eigenvalue weighted by Gasteiger charge is 2.12. The number of aliphatic hydroxyl groups excluding tert-OH is 1. The molecule has 6 nitrogen and oxygen atoms in total. The fraction of sp³-hybridized carbons (Fsp3) is 0.259. The summed E-state index contributed by atoms with van der Waals surface area (Å²) in [6.45, 7) is 4.21. The van der Waals surface area contributed by atoms with Crippen molar-refractivity contribution in [1.82, 2.24) is 15.0 Å². The maximum atomic E-state index is 9.63. The van der Waals surface area contributed by atoms with Gasteiger partial charge in [-0.1, -0.05) is 47.1 Å². The first-order chi connectivity index (χ1) is 16.5. The smallest absolute Gasteiger partial charge is 0.218 e. The predicted octanol–water partition coefficient (Wildman–Crippen LogP) is 6.70. The summed E-state index contributed by atoms with van der Waals surface area (Å²) in [6.07, 6.45) is 8.64. The van der Waals surface area contributed by atoms with Gasteiger partial charge in [0, 0.05) is 22.7 Å². The van der Waals surface area contributed by atoms with E-state index in [9.17, 15) is 5.11 Å². The predicted molar refractivity (Wildman–Crippen MR) is 136 cm³/mol. The quantitative estimate of drug-likeness (QED) is 0.242. The van der Waals surface area contributed by atoms with Gasteiger partial charge >= 0.3 is 0 Å². The lowest BCUT2D eigenvalue weighted by Crippen LogP contribution is -1.99. The highest BCUT2D eigenvalue weighted by molar-refractivity contribution is 9.10. The van der Waals surface area contributed by atoms with Crippen molar-refractivity contribution in [3.05, 3.63) is 99.7 Å². The van der Waals surface area contributed by atoms with Crippen LogP contribution in [-0.2, 0) is 13.0 Å². The summed E-state index contributed by atoms with van der Waals surface area (Å²) in [4.78, 5) is 12.0. The number of rotatable bonds is 10. The van der Waals surface area contributed by atoms with Crippen LogP contribution in [0.3, 0.4) is 0 Å². The summed E-state index contributed by atoms with van der Waals surface area (Å²) in [5, 5.41) is 9.63. The molecule has 2 N–H and O–H groups in total. The number of aliphatic hydroxyl groups is 1. The normalized spacial score (nSPS) is 13.3. The first kappa shape index (κ1) is 24.0. The van der Waals surface area contributed by atoms with E-state index in [0.717, 1.165) is 40.0 Å². The number of benzene rings is 2. The van der Waals surface area contributed by atoms with Gasteiger partial charge in [-0.2, -0.15) is 0 Å². The Morgan fingerprint density at radius 3 is 2.53 bits per heavy atom. The topological polar surface area (TPSA) is 84.2 Å². The molecule has 0 aliphatic rings. The molecule has 0 spiro atoms. The molecule has 4 rings (SSSR count). The third-order valence-corrected chi connectivity index (χ3v) is 6.08. The van der Waals surface area contributed by atoms with Gasteiger partial charge in [-0.25, -0.2) is 9.97 Å². The Labute approximate surface area is 207 Å². The number of oxazole rings is 1. The van der Waals surface area contributed by atoms with Crippen molar-refractivity contribution in [3.63, 3.8) is 0 Å². The summed E-state index contributed by atoms with van der Waals surface area (Å²) >= 11 is 3.43. The first-order valence-electron chi connectivity index (χ1n) is 11.3. The van der Waals surface area contributed by atoms with Gasteiger partial charge in [0.1, 0.15) is 36.2 Å². The van der Waals surface area contributed by atoms with Crippen molar-refractivity contribution in [2.45, 2.75) is 45.3 Å². The molecule has 176 valence electrons. The zero-order chi connectivity index (χ0) is 23.9. The monoisotopic (exact) mass is 521 g/mol. The molecule has 0 aliphatic carbocycles. The molecule has 0 bridgehead atoms. The van der Waals surface area contributed by atoms with E-state index in [1.54, 1.807) is 13.2 Å². The number of ether oxygens (including phenoxy) is 1. The maximum Gasteiger partial charge on any atom is 0.218 e. The molecule has 0 fully saturated rings. The number of aromatic nitrogens is 3. The molecule has 4 aromatic rings. The molecule has 0 saturated carbocycles. The van der Waals surface area contributed by atoms with E-state index in [4.69, 9.17) is 9.15 Å². The molecule has 0 radical (unpaired) electrons. The first-order valence-corrected chi connectivity index (χ1v) is 12.1. The molecule has 0 aliphatic heterocycles. The Morgan fingerprint density at radius 2 is 1.82 bits per heavy atom. The number of nitrogens with one attached hydrogen (secondary N) is 1. The summed E-state index contributed by atoms with van der Waals surface area (Å²) in [5.74, 6) is 2.26. The summed E-state index contributed by atoms with van der Waals surface area (Å²) in [5.41, 5.74) is 4.04. The number of H-pyrrole nitrogens is 1. The highest BCUT2D eigenvalue weighted by atomic mass is 79.9. The SMILES string of the molecule is CC(O)c1nc(C(C)CCc2ccc(OCc3coc(C=Cc4ccc(Br)cc4)n3)cc2)c[nH]1.